The van der Waals surface area contributed by atoms with E-state index in [0.29, 0.717) is 12.6 Å². The van der Waals surface area contributed by atoms with Crippen LogP contribution in [0.15, 0.2) is 16.6 Å². The average molecular weight is 343 g/mol. The van der Waals surface area contributed by atoms with Gasteiger partial charge in [-0.2, -0.15) is 0 Å². The average Bonchev–Trinajstić information content (AvgIpc) is 2.92. The van der Waals surface area contributed by atoms with Gasteiger partial charge in [-0.3, -0.25) is 4.90 Å². The summed E-state index contributed by atoms with van der Waals surface area (Å²) in [5.74, 6) is 1.59. The first kappa shape index (κ1) is 15.6. The van der Waals surface area contributed by atoms with Gasteiger partial charge in [0, 0.05) is 18.6 Å². The van der Waals surface area contributed by atoms with Gasteiger partial charge in [0.2, 0.25) is 6.79 Å². The van der Waals surface area contributed by atoms with E-state index in [-0.39, 0.29) is 12.8 Å². The molecule has 0 saturated heterocycles. The third-order valence-corrected chi connectivity index (χ3v) is 4.57. The molecule has 0 aromatic heterocycles. The summed E-state index contributed by atoms with van der Waals surface area (Å²) in [7, 11) is 0. The predicted octanol–water partition coefficient (Wildman–Crippen LogP) is 3.30. The fraction of sp³-hybridized carbons (Fsp3) is 0.600. The Labute approximate surface area is 129 Å². The maximum atomic E-state index is 6.04. The van der Waals surface area contributed by atoms with Crippen molar-refractivity contribution in [2.24, 2.45) is 5.73 Å². The lowest BCUT2D eigenvalue weighted by Gasteiger charge is -2.35. The predicted molar refractivity (Wildman–Crippen MR) is 84.2 cm³/mol. The SMILES string of the molecule is CCC(C)N(CC)C(CN)c1cc(Br)c2c(c1)OCO2. The Morgan fingerprint density at radius 1 is 1.35 bits per heavy atom. The standard InChI is InChI=1S/C15H23BrN2O2/c1-4-10(3)18(5-2)13(8-17)11-6-12(16)15-14(7-11)19-9-20-15/h6-7,10,13H,4-5,8-9,17H2,1-3H3. The Kier molecular flexibility index (Phi) is 5.29. The van der Waals surface area contributed by atoms with Gasteiger partial charge in [0.25, 0.3) is 0 Å². The van der Waals surface area contributed by atoms with Crippen molar-refractivity contribution in [3.8, 4) is 11.5 Å². The van der Waals surface area contributed by atoms with E-state index in [1.807, 2.05) is 0 Å². The zero-order valence-corrected chi connectivity index (χ0v) is 13.9. The highest BCUT2D eigenvalue weighted by Gasteiger charge is 2.25. The molecule has 0 aliphatic carbocycles. The van der Waals surface area contributed by atoms with Crippen LogP contribution in [0, 0.1) is 0 Å². The van der Waals surface area contributed by atoms with Crippen LogP contribution >= 0.6 is 15.9 Å². The Morgan fingerprint density at radius 3 is 2.70 bits per heavy atom. The van der Waals surface area contributed by atoms with Crippen molar-refractivity contribution in [1.29, 1.82) is 0 Å². The molecule has 0 spiro atoms. The quantitative estimate of drug-likeness (QED) is 0.861. The van der Waals surface area contributed by atoms with E-state index in [1.165, 1.54) is 5.56 Å². The molecule has 2 rings (SSSR count). The molecule has 5 heteroatoms. The molecule has 2 unspecified atom stereocenters. The smallest absolute Gasteiger partial charge is 0.231 e. The second kappa shape index (κ2) is 6.78. The van der Waals surface area contributed by atoms with E-state index in [2.05, 4.69) is 53.7 Å². The molecule has 1 aromatic rings. The van der Waals surface area contributed by atoms with Gasteiger partial charge in [-0.25, -0.2) is 0 Å². The van der Waals surface area contributed by atoms with Crippen LogP contribution in [-0.2, 0) is 0 Å². The third kappa shape index (κ3) is 2.95. The first-order valence-electron chi connectivity index (χ1n) is 7.17. The van der Waals surface area contributed by atoms with E-state index in [4.69, 9.17) is 15.2 Å². The maximum absolute atomic E-state index is 6.04. The van der Waals surface area contributed by atoms with Gasteiger partial charge in [0.1, 0.15) is 0 Å². The molecule has 0 radical (unpaired) electrons. The highest BCUT2D eigenvalue weighted by Crippen LogP contribution is 2.42. The summed E-state index contributed by atoms with van der Waals surface area (Å²) < 4.78 is 11.9. The number of ether oxygens (including phenoxy) is 2. The Hall–Kier alpha value is -0.780. The second-order valence-electron chi connectivity index (χ2n) is 5.08. The van der Waals surface area contributed by atoms with Crippen LogP contribution in [0.1, 0.15) is 38.8 Å². The molecule has 1 heterocycles. The van der Waals surface area contributed by atoms with Crippen molar-refractivity contribution in [3.05, 3.63) is 22.2 Å². The second-order valence-corrected chi connectivity index (χ2v) is 5.93. The highest BCUT2D eigenvalue weighted by molar-refractivity contribution is 9.10. The van der Waals surface area contributed by atoms with E-state index < -0.39 is 0 Å². The van der Waals surface area contributed by atoms with Gasteiger partial charge in [0.15, 0.2) is 11.5 Å². The molecule has 4 nitrogen and oxygen atoms in total. The fourth-order valence-corrected chi connectivity index (χ4v) is 3.29. The molecule has 0 bridgehead atoms. The number of hydrogen-bond donors (Lipinski definition) is 1. The molecule has 2 N–H and O–H groups in total. The summed E-state index contributed by atoms with van der Waals surface area (Å²) in [5, 5.41) is 0. The molecule has 112 valence electrons. The summed E-state index contributed by atoms with van der Waals surface area (Å²) in [6, 6.07) is 4.84. The van der Waals surface area contributed by atoms with Gasteiger partial charge < -0.3 is 15.2 Å². The van der Waals surface area contributed by atoms with Crippen molar-refractivity contribution in [2.75, 3.05) is 19.9 Å². The van der Waals surface area contributed by atoms with Crippen molar-refractivity contribution in [3.63, 3.8) is 0 Å². The molecule has 0 fully saturated rings. The molecular formula is C15H23BrN2O2. The number of likely N-dealkylation sites (N-methyl/N-ethyl adjacent to an activating group) is 1. The number of nitrogens with zero attached hydrogens (tertiary/aromatic N) is 1. The van der Waals surface area contributed by atoms with Crippen LogP contribution in [0.4, 0.5) is 0 Å². The molecule has 1 aliphatic rings. The minimum atomic E-state index is 0.195. The van der Waals surface area contributed by atoms with E-state index >= 15 is 0 Å². The van der Waals surface area contributed by atoms with Crippen molar-refractivity contribution >= 4 is 15.9 Å². The van der Waals surface area contributed by atoms with Crippen LogP contribution in [0.2, 0.25) is 0 Å². The van der Waals surface area contributed by atoms with Crippen LogP contribution in [0.5, 0.6) is 11.5 Å². The van der Waals surface area contributed by atoms with E-state index in [1.54, 1.807) is 0 Å². The van der Waals surface area contributed by atoms with Crippen LogP contribution in [0.25, 0.3) is 0 Å². The topological polar surface area (TPSA) is 47.7 Å². The summed E-state index contributed by atoms with van der Waals surface area (Å²) >= 11 is 3.56. The van der Waals surface area contributed by atoms with Crippen LogP contribution in [0.3, 0.4) is 0 Å². The van der Waals surface area contributed by atoms with Crippen molar-refractivity contribution in [2.45, 2.75) is 39.3 Å². The Balaban J connectivity index is 2.34. The summed E-state index contributed by atoms with van der Waals surface area (Å²) in [6.45, 7) is 8.47. The zero-order valence-electron chi connectivity index (χ0n) is 12.4. The lowest BCUT2D eigenvalue weighted by Crippen LogP contribution is -2.39. The minimum Gasteiger partial charge on any atom is -0.454 e. The van der Waals surface area contributed by atoms with Gasteiger partial charge in [0.05, 0.1) is 4.47 Å². The third-order valence-electron chi connectivity index (χ3n) is 3.98. The van der Waals surface area contributed by atoms with Crippen molar-refractivity contribution < 1.29 is 9.47 Å². The van der Waals surface area contributed by atoms with E-state index in [9.17, 15) is 0 Å². The summed E-state index contributed by atoms with van der Waals surface area (Å²) in [5.41, 5.74) is 7.21. The molecule has 2 atom stereocenters. The fourth-order valence-electron chi connectivity index (χ4n) is 2.72. The maximum Gasteiger partial charge on any atom is 0.231 e. The number of fused-ring (bicyclic) bond motifs is 1. The number of nitrogens with two attached hydrogens (primary N) is 1. The number of benzene rings is 1. The van der Waals surface area contributed by atoms with Crippen LogP contribution < -0.4 is 15.2 Å². The molecule has 0 amide bonds. The zero-order chi connectivity index (χ0) is 14.7. The number of hydrogen-bond acceptors (Lipinski definition) is 4. The summed E-state index contributed by atoms with van der Waals surface area (Å²) in [6.07, 6.45) is 1.11. The van der Waals surface area contributed by atoms with Crippen LogP contribution in [-0.4, -0.2) is 30.8 Å². The van der Waals surface area contributed by atoms with Crippen molar-refractivity contribution in [1.82, 2.24) is 4.90 Å². The van der Waals surface area contributed by atoms with Gasteiger partial charge in [-0.1, -0.05) is 13.8 Å². The first-order chi connectivity index (χ1) is 9.62. The van der Waals surface area contributed by atoms with Gasteiger partial charge >= 0.3 is 0 Å². The molecule has 0 saturated carbocycles. The normalized spacial score (nSPS) is 16.5. The lowest BCUT2D eigenvalue weighted by atomic mass is 10.0. The summed E-state index contributed by atoms with van der Waals surface area (Å²) in [4.78, 5) is 2.43. The largest absolute Gasteiger partial charge is 0.454 e. The number of rotatable bonds is 6. The molecule has 1 aliphatic heterocycles. The molecule has 20 heavy (non-hydrogen) atoms. The Bertz CT molecular complexity index is 467. The van der Waals surface area contributed by atoms with Gasteiger partial charge in [-0.05, 0) is 53.5 Å². The minimum absolute atomic E-state index is 0.195. The van der Waals surface area contributed by atoms with Gasteiger partial charge in [-0.15, -0.1) is 0 Å². The Morgan fingerprint density at radius 2 is 2.10 bits per heavy atom. The monoisotopic (exact) mass is 342 g/mol. The lowest BCUT2D eigenvalue weighted by molar-refractivity contribution is 0.151. The molecule has 1 aromatic carbocycles. The van der Waals surface area contributed by atoms with E-state index in [0.717, 1.165) is 28.9 Å². The number of halogens is 1. The highest BCUT2D eigenvalue weighted by atomic mass is 79.9. The first-order valence-corrected chi connectivity index (χ1v) is 7.96. The molecular weight excluding hydrogens is 320 g/mol.